The normalized spacial score (nSPS) is 23.8. The Hall–Kier alpha value is -1.91. The van der Waals surface area contributed by atoms with Gasteiger partial charge in [0.1, 0.15) is 0 Å². The highest BCUT2D eigenvalue weighted by molar-refractivity contribution is 5.89. The summed E-state index contributed by atoms with van der Waals surface area (Å²) in [7, 11) is 0. The SMILES string of the molecule is C[C@H](NC(=O)[C@@H]1C[C@@H]1C(=O)O)c1cccnc1. The molecule has 0 spiro atoms. The summed E-state index contributed by atoms with van der Waals surface area (Å²) in [4.78, 5) is 26.3. The van der Waals surface area contributed by atoms with Crippen LogP contribution in [0.1, 0.15) is 24.9 Å². The minimum absolute atomic E-state index is 0.147. The number of aliphatic carboxylic acids is 1. The van der Waals surface area contributed by atoms with Crippen LogP contribution in [0.2, 0.25) is 0 Å². The van der Waals surface area contributed by atoms with Gasteiger partial charge in [-0.25, -0.2) is 0 Å². The van der Waals surface area contributed by atoms with Gasteiger partial charge in [0, 0.05) is 12.4 Å². The molecular formula is C12H14N2O3. The average molecular weight is 234 g/mol. The van der Waals surface area contributed by atoms with E-state index < -0.39 is 11.9 Å². The number of carbonyl (C=O) groups excluding carboxylic acids is 1. The Labute approximate surface area is 98.9 Å². The van der Waals surface area contributed by atoms with E-state index in [1.54, 1.807) is 18.5 Å². The summed E-state index contributed by atoms with van der Waals surface area (Å²) in [6, 6.07) is 3.53. The predicted molar refractivity (Wildman–Crippen MR) is 60.0 cm³/mol. The van der Waals surface area contributed by atoms with Crippen LogP contribution in [-0.4, -0.2) is 22.0 Å². The van der Waals surface area contributed by atoms with Crippen molar-refractivity contribution in [3.8, 4) is 0 Å². The van der Waals surface area contributed by atoms with Gasteiger partial charge in [-0.05, 0) is 25.0 Å². The van der Waals surface area contributed by atoms with E-state index >= 15 is 0 Å². The lowest BCUT2D eigenvalue weighted by atomic mass is 10.1. The number of hydrogen-bond acceptors (Lipinski definition) is 3. The minimum Gasteiger partial charge on any atom is -0.481 e. The molecule has 1 aromatic rings. The molecular weight excluding hydrogens is 220 g/mol. The maximum Gasteiger partial charge on any atom is 0.307 e. The Morgan fingerprint density at radius 3 is 2.82 bits per heavy atom. The molecule has 1 aliphatic rings. The van der Waals surface area contributed by atoms with Gasteiger partial charge in [0.15, 0.2) is 0 Å². The van der Waals surface area contributed by atoms with Crippen LogP contribution >= 0.6 is 0 Å². The fourth-order valence-corrected chi connectivity index (χ4v) is 1.79. The van der Waals surface area contributed by atoms with Crippen LogP contribution in [0.4, 0.5) is 0 Å². The molecule has 0 unspecified atom stereocenters. The van der Waals surface area contributed by atoms with Crippen LogP contribution < -0.4 is 5.32 Å². The van der Waals surface area contributed by atoms with E-state index in [1.807, 2.05) is 13.0 Å². The van der Waals surface area contributed by atoms with E-state index in [-0.39, 0.29) is 17.9 Å². The molecule has 1 fully saturated rings. The number of amides is 1. The first-order valence-corrected chi connectivity index (χ1v) is 5.52. The Kier molecular flexibility index (Phi) is 3.08. The Morgan fingerprint density at radius 2 is 2.29 bits per heavy atom. The number of carboxylic acids is 1. The van der Waals surface area contributed by atoms with Crippen LogP contribution in [0, 0.1) is 11.8 Å². The summed E-state index contributed by atoms with van der Waals surface area (Å²) in [5, 5.41) is 11.5. The fourth-order valence-electron chi connectivity index (χ4n) is 1.79. The van der Waals surface area contributed by atoms with Gasteiger partial charge in [-0.2, -0.15) is 0 Å². The van der Waals surface area contributed by atoms with Gasteiger partial charge in [-0.1, -0.05) is 6.07 Å². The van der Waals surface area contributed by atoms with Crippen molar-refractivity contribution in [2.75, 3.05) is 0 Å². The second-order valence-corrected chi connectivity index (χ2v) is 4.30. The van der Waals surface area contributed by atoms with Crippen molar-refractivity contribution in [3.63, 3.8) is 0 Å². The van der Waals surface area contributed by atoms with Crippen molar-refractivity contribution in [2.45, 2.75) is 19.4 Å². The molecule has 5 heteroatoms. The zero-order chi connectivity index (χ0) is 12.4. The van der Waals surface area contributed by atoms with Crippen LogP contribution in [0.5, 0.6) is 0 Å². The summed E-state index contributed by atoms with van der Waals surface area (Å²) >= 11 is 0. The number of pyridine rings is 1. The summed E-state index contributed by atoms with van der Waals surface area (Å²) in [5.74, 6) is -1.95. The molecule has 0 radical (unpaired) electrons. The largest absolute Gasteiger partial charge is 0.481 e. The Bertz CT molecular complexity index is 433. The first-order chi connectivity index (χ1) is 8.09. The van der Waals surface area contributed by atoms with Gasteiger partial charge < -0.3 is 10.4 Å². The number of rotatable bonds is 4. The molecule has 5 nitrogen and oxygen atoms in total. The van der Waals surface area contributed by atoms with E-state index in [0.29, 0.717) is 6.42 Å². The number of aromatic nitrogens is 1. The van der Waals surface area contributed by atoms with Crippen molar-refractivity contribution in [1.82, 2.24) is 10.3 Å². The molecule has 2 rings (SSSR count). The number of carboxylic acid groups (broad SMARTS) is 1. The molecule has 17 heavy (non-hydrogen) atoms. The molecule has 0 aliphatic heterocycles. The van der Waals surface area contributed by atoms with E-state index in [1.165, 1.54) is 0 Å². The number of nitrogens with zero attached hydrogens (tertiary/aromatic N) is 1. The second kappa shape index (κ2) is 4.53. The van der Waals surface area contributed by atoms with E-state index in [4.69, 9.17) is 5.11 Å². The van der Waals surface area contributed by atoms with E-state index in [0.717, 1.165) is 5.56 Å². The lowest BCUT2D eigenvalue weighted by Crippen LogP contribution is -2.29. The van der Waals surface area contributed by atoms with Crippen LogP contribution in [-0.2, 0) is 9.59 Å². The zero-order valence-electron chi connectivity index (χ0n) is 9.46. The van der Waals surface area contributed by atoms with E-state index in [2.05, 4.69) is 10.3 Å². The van der Waals surface area contributed by atoms with Crippen LogP contribution in [0.15, 0.2) is 24.5 Å². The van der Waals surface area contributed by atoms with Gasteiger partial charge >= 0.3 is 5.97 Å². The highest BCUT2D eigenvalue weighted by atomic mass is 16.4. The van der Waals surface area contributed by atoms with Gasteiger partial charge in [0.05, 0.1) is 17.9 Å². The van der Waals surface area contributed by atoms with Crippen molar-refractivity contribution >= 4 is 11.9 Å². The van der Waals surface area contributed by atoms with Gasteiger partial charge in [-0.3, -0.25) is 14.6 Å². The highest BCUT2D eigenvalue weighted by Crippen LogP contribution is 2.39. The van der Waals surface area contributed by atoms with E-state index in [9.17, 15) is 9.59 Å². The van der Waals surface area contributed by atoms with Crippen molar-refractivity contribution in [2.24, 2.45) is 11.8 Å². The Morgan fingerprint density at radius 1 is 1.53 bits per heavy atom. The standard InChI is InChI=1S/C12H14N2O3/c1-7(8-3-2-4-13-6-8)14-11(15)9-5-10(9)12(16)17/h2-4,6-7,9-10H,5H2,1H3,(H,14,15)(H,16,17)/t7-,9+,10-/m0/s1. The molecule has 1 amide bonds. The molecule has 1 saturated carbocycles. The maximum absolute atomic E-state index is 11.7. The molecule has 1 aliphatic carbocycles. The second-order valence-electron chi connectivity index (χ2n) is 4.30. The van der Waals surface area contributed by atoms with Gasteiger partial charge in [0.2, 0.25) is 5.91 Å². The number of hydrogen-bond donors (Lipinski definition) is 2. The molecule has 1 heterocycles. The topological polar surface area (TPSA) is 79.3 Å². The van der Waals surface area contributed by atoms with Gasteiger partial charge in [0.25, 0.3) is 0 Å². The van der Waals surface area contributed by atoms with Crippen LogP contribution in [0.3, 0.4) is 0 Å². The first kappa shape index (κ1) is 11.6. The molecule has 3 atom stereocenters. The van der Waals surface area contributed by atoms with Crippen LogP contribution in [0.25, 0.3) is 0 Å². The monoisotopic (exact) mass is 234 g/mol. The quantitative estimate of drug-likeness (QED) is 0.813. The third-order valence-electron chi connectivity index (χ3n) is 2.99. The van der Waals surface area contributed by atoms with Crippen molar-refractivity contribution in [3.05, 3.63) is 30.1 Å². The minimum atomic E-state index is -0.890. The molecule has 0 aromatic carbocycles. The molecule has 0 saturated heterocycles. The summed E-state index contributed by atoms with van der Waals surface area (Å²) < 4.78 is 0. The van der Waals surface area contributed by atoms with Crippen molar-refractivity contribution < 1.29 is 14.7 Å². The number of carbonyl (C=O) groups is 2. The fraction of sp³-hybridized carbons (Fsp3) is 0.417. The first-order valence-electron chi connectivity index (χ1n) is 5.52. The van der Waals surface area contributed by atoms with Gasteiger partial charge in [-0.15, -0.1) is 0 Å². The molecule has 0 bridgehead atoms. The third-order valence-corrected chi connectivity index (χ3v) is 2.99. The lowest BCUT2D eigenvalue weighted by Gasteiger charge is -2.13. The lowest BCUT2D eigenvalue weighted by molar-refractivity contribution is -0.140. The average Bonchev–Trinajstić information content (AvgIpc) is 3.10. The third kappa shape index (κ3) is 2.61. The maximum atomic E-state index is 11.7. The number of nitrogens with one attached hydrogen (secondary N) is 1. The summed E-state index contributed by atoms with van der Waals surface area (Å²) in [5.41, 5.74) is 0.911. The predicted octanol–water partition coefficient (Wildman–Crippen LogP) is 0.980. The molecule has 90 valence electrons. The molecule has 2 N–H and O–H groups in total. The zero-order valence-corrected chi connectivity index (χ0v) is 9.46. The molecule has 1 aromatic heterocycles. The summed E-state index contributed by atoms with van der Waals surface area (Å²) in [6.07, 6.45) is 3.80. The Balaban J connectivity index is 1.90. The highest BCUT2D eigenvalue weighted by Gasteiger charge is 2.48. The van der Waals surface area contributed by atoms with Crippen molar-refractivity contribution in [1.29, 1.82) is 0 Å². The summed E-state index contributed by atoms with van der Waals surface area (Å²) in [6.45, 7) is 1.85. The smallest absolute Gasteiger partial charge is 0.307 e.